The van der Waals surface area contributed by atoms with Gasteiger partial charge in [0.05, 0.1) is 5.41 Å². The smallest absolute Gasteiger partial charge is 0.226 e. The number of rotatable bonds is 6. The number of nitrogens with zero attached hydrogens (tertiary/aromatic N) is 2. The molecule has 144 valence electrons. The lowest BCUT2D eigenvalue weighted by molar-refractivity contribution is -0.134. The van der Waals surface area contributed by atoms with Gasteiger partial charge in [-0.25, -0.2) is 0 Å². The summed E-state index contributed by atoms with van der Waals surface area (Å²) in [6.07, 6.45) is 2.63. The van der Waals surface area contributed by atoms with Crippen LogP contribution in [0.15, 0.2) is 54.6 Å². The van der Waals surface area contributed by atoms with Crippen molar-refractivity contribution in [1.29, 1.82) is 0 Å². The first-order valence-electron chi connectivity index (χ1n) is 9.76. The van der Waals surface area contributed by atoms with Gasteiger partial charge >= 0.3 is 0 Å². The first-order valence-corrected chi connectivity index (χ1v) is 9.76. The summed E-state index contributed by atoms with van der Waals surface area (Å²) in [4.78, 5) is 17.6. The van der Waals surface area contributed by atoms with Crippen molar-refractivity contribution in [1.82, 2.24) is 10.2 Å². The molecule has 1 aliphatic heterocycles. The third-order valence-electron chi connectivity index (χ3n) is 5.72. The van der Waals surface area contributed by atoms with E-state index in [0.29, 0.717) is 6.54 Å². The number of amides is 1. The fourth-order valence-corrected chi connectivity index (χ4v) is 3.80. The predicted octanol–water partition coefficient (Wildman–Crippen LogP) is 3.32. The van der Waals surface area contributed by atoms with Crippen LogP contribution in [0.5, 0.6) is 0 Å². The molecule has 1 aliphatic rings. The lowest BCUT2D eigenvalue weighted by Gasteiger charge is -2.39. The van der Waals surface area contributed by atoms with Crippen molar-refractivity contribution in [3.05, 3.63) is 65.7 Å². The molecule has 0 unspecified atom stereocenters. The fourth-order valence-electron chi connectivity index (χ4n) is 3.80. The molecule has 0 radical (unpaired) electrons. The molecule has 1 N–H and O–H groups in total. The van der Waals surface area contributed by atoms with Crippen molar-refractivity contribution >= 4 is 11.6 Å². The van der Waals surface area contributed by atoms with Crippen LogP contribution >= 0.6 is 0 Å². The summed E-state index contributed by atoms with van der Waals surface area (Å²) in [5, 5.41) is 3.22. The SMILES string of the molecule is CN1CCC(Cc2ccccc2)(C(=O)NCc2ccc(N(C)C)cc2)CC1. The standard InChI is InChI=1S/C23H31N3O/c1-25(2)21-11-9-20(10-12-21)18-24-22(27)23(13-15-26(3)16-14-23)17-19-7-5-4-6-8-19/h4-12H,13-18H2,1-3H3,(H,24,27). The van der Waals surface area contributed by atoms with E-state index >= 15 is 0 Å². The number of anilines is 1. The fraction of sp³-hybridized carbons (Fsp3) is 0.435. The number of carbonyl (C=O) groups excluding carboxylic acids is 1. The maximum absolute atomic E-state index is 13.2. The summed E-state index contributed by atoms with van der Waals surface area (Å²) in [5.41, 5.74) is 3.24. The van der Waals surface area contributed by atoms with E-state index in [4.69, 9.17) is 0 Å². The third kappa shape index (κ3) is 4.89. The summed E-state index contributed by atoms with van der Waals surface area (Å²) >= 11 is 0. The number of benzene rings is 2. The quantitative estimate of drug-likeness (QED) is 0.853. The molecule has 2 aromatic carbocycles. The zero-order valence-corrected chi connectivity index (χ0v) is 16.7. The van der Waals surface area contributed by atoms with Crippen LogP contribution in [-0.2, 0) is 17.8 Å². The van der Waals surface area contributed by atoms with E-state index in [1.165, 1.54) is 11.3 Å². The second-order valence-electron chi connectivity index (χ2n) is 7.99. The van der Waals surface area contributed by atoms with Gasteiger partial charge in [-0.1, -0.05) is 42.5 Å². The zero-order chi connectivity index (χ0) is 19.3. The normalized spacial score (nSPS) is 16.7. The van der Waals surface area contributed by atoms with Crippen molar-refractivity contribution in [2.75, 3.05) is 39.1 Å². The Morgan fingerprint density at radius 2 is 1.63 bits per heavy atom. The van der Waals surface area contributed by atoms with E-state index < -0.39 is 0 Å². The highest BCUT2D eigenvalue weighted by Crippen LogP contribution is 2.35. The minimum absolute atomic E-state index is 0.191. The predicted molar refractivity (Wildman–Crippen MR) is 112 cm³/mol. The van der Waals surface area contributed by atoms with E-state index in [0.717, 1.165) is 37.9 Å². The highest BCUT2D eigenvalue weighted by molar-refractivity contribution is 5.83. The number of nitrogens with one attached hydrogen (secondary N) is 1. The molecule has 1 fully saturated rings. The third-order valence-corrected chi connectivity index (χ3v) is 5.72. The van der Waals surface area contributed by atoms with E-state index in [9.17, 15) is 4.79 Å². The molecule has 0 saturated carbocycles. The average molecular weight is 366 g/mol. The lowest BCUT2D eigenvalue weighted by Crippen LogP contribution is -2.49. The Balaban J connectivity index is 1.69. The van der Waals surface area contributed by atoms with Crippen LogP contribution in [0.2, 0.25) is 0 Å². The molecule has 0 aliphatic carbocycles. The Morgan fingerprint density at radius 1 is 1.00 bits per heavy atom. The van der Waals surface area contributed by atoms with Gasteiger partial charge < -0.3 is 15.1 Å². The molecule has 1 amide bonds. The van der Waals surface area contributed by atoms with Crippen LogP contribution in [0.25, 0.3) is 0 Å². The van der Waals surface area contributed by atoms with E-state index in [-0.39, 0.29) is 11.3 Å². The molecule has 0 bridgehead atoms. The largest absolute Gasteiger partial charge is 0.378 e. The van der Waals surface area contributed by atoms with Gasteiger partial charge in [0.15, 0.2) is 0 Å². The molecule has 0 atom stereocenters. The van der Waals surface area contributed by atoms with Gasteiger partial charge in [0.2, 0.25) is 5.91 Å². The lowest BCUT2D eigenvalue weighted by atomic mass is 9.73. The Hall–Kier alpha value is -2.33. The molecular weight excluding hydrogens is 334 g/mol. The minimum Gasteiger partial charge on any atom is -0.378 e. The first kappa shape index (κ1) is 19.4. The number of hydrogen-bond donors (Lipinski definition) is 1. The average Bonchev–Trinajstić information content (AvgIpc) is 2.69. The van der Waals surface area contributed by atoms with Crippen LogP contribution in [0.3, 0.4) is 0 Å². The van der Waals surface area contributed by atoms with Crippen molar-refractivity contribution in [2.24, 2.45) is 5.41 Å². The van der Waals surface area contributed by atoms with Gasteiger partial charge in [-0.15, -0.1) is 0 Å². The molecule has 27 heavy (non-hydrogen) atoms. The molecule has 4 nitrogen and oxygen atoms in total. The summed E-state index contributed by atoms with van der Waals surface area (Å²) in [7, 11) is 6.20. The maximum atomic E-state index is 13.2. The van der Waals surface area contributed by atoms with Crippen LogP contribution < -0.4 is 10.2 Å². The molecule has 0 spiro atoms. The monoisotopic (exact) mass is 365 g/mol. The van der Waals surface area contributed by atoms with Crippen molar-refractivity contribution in [3.63, 3.8) is 0 Å². The molecule has 1 saturated heterocycles. The van der Waals surface area contributed by atoms with E-state index in [1.54, 1.807) is 0 Å². The van der Waals surface area contributed by atoms with Gasteiger partial charge in [-0.2, -0.15) is 0 Å². The van der Waals surface area contributed by atoms with Crippen molar-refractivity contribution < 1.29 is 4.79 Å². The first-order chi connectivity index (χ1) is 13.0. The van der Waals surface area contributed by atoms with E-state index in [2.05, 4.69) is 70.7 Å². The minimum atomic E-state index is -0.308. The second-order valence-corrected chi connectivity index (χ2v) is 7.99. The van der Waals surface area contributed by atoms with Crippen LogP contribution in [0.4, 0.5) is 5.69 Å². The number of hydrogen-bond acceptors (Lipinski definition) is 3. The Bertz CT molecular complexity index is 732. The Labute approximate surface area is 163 Å². The maximum Gasteiger partial charge on any atom is 0.226 e. The molecule has 4 heteroatoms. The summed E-state index contributed by atoms with van der Waals surface area (Å²) < 4.78 is 0. The molecule has 0 aromatic heterocycles. The number of likely N-dealkylation sites (tertiary alicyclic amines) is 1. The zero-order valence-electron chi connectivity index (χ0n) is 16.7. The second kappa shape index (κ2) is 8.57. The summed E-state index contributed by atoms with van der Waals surface area (Å²) in [6, 6.07) is 18.8. The van der Waals surface area contributed by atoms with Gasteiger partial charge in [-0.3, -0.25) is 4.79 Å². The van der Waals surface area contributed by atoms with Crippen molar-refractivity contribution in [2.45, 2.75) is 25.8 Å². The highest BCUT2D eigenvalue weighted by atomic mass is 16.2. The number of piperidine rings is 1. The number of carbonyl (C=O) groups is 1. The van der Waals surface area contributed by atoms with Crippen LogP contribution in [0, 0.1) is 5.41 Å². The molecular formula is C23H31N3O. The molecule has 3 rings (SSSR count). The van der Waals surface area contributed by atoms with E-state index in [1.807, 2.05) is 20.2 Å². The molecule has 2 aromatic rings. The molecule has 1 heterocycles. The van der Waals surface area contributed by atoms with Crippen molar-refractivity contribution in [3.8, 4) is 0 Å². The van der Waals surface area contributed by atoms with Gasteiger partial charge in [0.1, 0.15) is 0 Å². The summed E-state index contributed by atoms with van der Waals surface area (Å²) in [5.74, 6) is 0.191. The van der Waals surface area contributed by atoms with Crippen LogP contribution in [0.1, 0.15) is 24.0 Å². The van der Waals surface area contributed by atoms with Gasteiger partial charge in [-0.05, 0) is 62.7 Å². The van der Waals surface area contributed by atoms with Gasteiger partial charge in [0.25, 0.3) is 0 Å². The van der Waals surface area contributed by atoms with Gasteiger partial charge in [0, 0.05) is 26.3 Å². The summed E-state index contributed by atoms with van der Waals surface area (Å²) in [6.45, 7) is 2.52. The van der Waals surface area contributed by atoms with Crippen LogP contribution in [-0.4, -0.2) is 45.0 Å². The Morgan fingerprint density at radius 3 is 2.22 bits per heavy atom. The highest BCUT2D eigenvalue weighted by Gasteiger charge is 2.40. The topological polar surface area (TPSA) is 35.6 Å². The Kier molecular flexibility index (Phi) is 6.17.